The lowest BCUT2D eigenvalue weighted by Crippen LogP contribution is -2.24. The van der Waals surface area contributed by atoms with Gasteiger partial charge in [0.2, 0.25) is 5.91 Å². The van der Waals surface area contributed by atoms with Crippen LogP contribution in [0, 0.1) is 0 Å². The van der Waals surface area contributed by atoms with Crippen molar-refractivity contribution in [3.05, 3.63) is 17.7 Å². The first-order valence-electron chi connectivity index (χ1n) is 5.32. The minimum atomic E-state index is -4.49. The van der Waals surface area contributed by atoms with E-state index in [1.54, 1.807) is 6.92 Å². The van der Waals surface area contributed by atoms with Crippen molar-refractivity contribution in [1.82, 2.24) is 10.3 Å². The van der Waals surface area contributed by atoms with Crippen molar-refractivity contribution in [3.8, 4) is 0 Å². The van der Waals surface area contributed by atoms with Crippen LogP contribution in [0.3, 0.4) is 0 Å². The first-order valence-corrected chi connectivity index (χ1v) is 6.30. The number of hydrazine groups is 1. The summed E-state index contributed by atoms with van der Waals surface area (Å²) >= 11 is 0.910. The molecule has 106 valence electrons. The predicted octanol–water partition coefficient (Wildman–Crippen LogP) is 1.61. The van der Waals surface area contributed by atoms with Crippen molar-refractivity contribution >= 4 is 23.5 Å². The summed E-state index contributed by atoms with van der Waals surface area (Å²) in [6.45, 7) is 2.21. The average Bonchev–Trinajstić information content (AvgIpc) is 2.35. The minimum Gasteiger partial charge on any atom is -0.356 e. The molecule has 0 spiro atoms. The number of amides is 1. The van der Waals surface area contributed by atoms with Crippen molar-refractivity contribution < 1.29 is 18.0 Å². The van der Waals surface area contributed by atoms with Gasteiger partial charge in [0.25, 0.3) is 0 Å². The number of hydrogen-bond acceptors (Lipinski definition) is 5. The summed E-state index contributed by atoms with van der Waals surface area (Å²) < 4.78 is 37.9. The molecule has 0 radical (unpaired) electrons. The van der Waals surface area contributed by atoms with Crippen molar-refractivity contribution in [2.75, 3.05) is 17.7 Å². The largest absolute Gasteiger partial charge is 0.416 e. The summed E-state index contributed by atoms with van der Waals surface area (Å²) in [6.07, 6.45) is -4.49. The maximum absolute atomic E-state index is 12.6. The Hall–Kier alpha value is -1.48. The summed E-state index contributed by atoms with van der Waals surface area (Å²) in [5.74, 6) is 4.69. The van der Waals surface area contributed by atoms with E-state index in [2.05, 4.69) is 15.7 Å². The van der Waals surface area contributed by atoms with Gasteiger partial charge in [0.05, 0.1) is 16.3 Å². The third kappa shape index (κ3) is 4.95. The molecule has 0 bridgehead atoms. The highest BCUT2D eigenvalue weighted by Crippen LogP contribution is 2.32. The van der Waals surface area contributed by atoms with Crippen LogP contribution in [-0.2, 0) is 11.0 Å². The van der Waals surface area contributed by atoms with Crippen LogP contribution in [0.25, 0.3) is 0 Å². The van der Waals surface area contributed by atoms with Crippen molar-refractivity contribution in [2.45, 2.75) is 18.1 Å². The van der Waals surface area contributed by atoms with Crippen molar-refractivity contribution in [2.24, 2.45) is 5.84 Å². The molecular formula is C10H13F3N4OS. The maximum atomic E-state index is 12.6. The molecule has 0 unspecified atom stereocenters. The topological polar surface area (TPSA) is 80.0 Å². The van der Waals surface area contributed by atoms with Gasteiger partial charge in [-0.05, 0) is 19.1 Å². The number of anilines is 1. The number of carbonyl (C=O) groups excluding carboxylic acids is 1. The van der Waals surface area contributed by atoms with Gasteiger partial charge in [-0.1, -0.05) is 11.8 Å². The van der Waals surface area contributed by atoms with Gasteiger partial charge in [-0.25, -0.2) is 10.8 Å². The molecule has 0 aliphatic heterocycles. The molecule has 1 aromatic rings. The quantitative estimate of drug-likeness (QED) is 0.437. The zero-order valence-corrected chi connectivity index (χ0v) is 10.9. The number of halogens is 3. The third-order valence-electron chi connectivity index (χ3n) is 2.00. The van der Waals surface area contributed by atoms with Crippen molar-refractivity contribution in [3.63, 3.8) is 0 Å². The van der Waals surface area contributed by atoms with Gasteiger partial charge < -0.3 is 10.7 Å². The molecule has 1 aromatic heterocycles. The van der Waals surface area contributed by atoms with E-state index < -0.39 is 11.7 Å². The lowest BCUT2D eigenvalue weighted by molar-refractivity contribution is -0.137. The summed E-state index contributed by atoms with van der Waals surface area (Å²) in [4.78, 5) is 15.1. The first-order chi connectivity index (χ1) is 8.86. The Morgan fingerprint density at radius 2 is 2.16 bits per heavy atom. The molecule has 0 saturated heterocycles. The van der Waals surface area contributed by atoms with Gasteiger partial charge in [0.1, 0.15) is 5.82 Å². The Bertz CT molecular complexity index is 453. The number of alkyl halides is 3. The maximum Gasteiger partial charge on any atom is 0.416 e. The molecule has 0 aliphatic carbocycles. The molecule has 9 heteroatoms. The van der Waals surface area contributed by atoms with Gasteiger partial charge in [-0.2, -0.15) is 13.2 Å². The second-order valence-electron chi connectivity index (χ2n) is 3.46. The monoisotopic (exact) mass is 294 g/mol. The number of aromatic nitrogens is 1. The lowest BCUT2D eigenvalue weighted by Gasteiger charge is -2.10. The molecule has 19 heavy (non-hydrogen) atoms. The lowest BCUT2D eigenvalue weighted by atomic mass is 10.2. The number of carbonyl (C=O) groups is 1. The number of hydrogen-bond donors (Lipinski definition) is 3. The van der Waals surface area contributed by atoms with Crippen LogP contribution in [0.5, 0.6) is 0 Å². The molecule has 0 atom stereocenters. The zero-order chi connectivity index (χ0) is 14.5. The SMILES string of the molecule is CCNC(=O)CSc1cc(C(F)(F)F)cc(NN)n1. The van der Waals surface area contributed by atoms with E-state index in [1.165, 1.54) is 0 Å². The molecular weight excluding hydrogens is 281 g/mol. The van der Waals surface area contributed by atoms with E-state index in [1.807, 2.05) is 0 Å². The van der Waals surface area contributed by atoms with Gasteiger partial charge in [0, 0.05) is 6.54 Å². The average molecular weight is 294 g/mol. The fraction of sp³-hybridized carbons (Fsp3) is 0.400. The van der Waals surface area contributed by atoms with Crippen LogP contribution in [0.4, 0.5) is 19.0 Å². The highest BCUT2D eigenvalue weighted by molar-refractivity contribution is 7.99. The van der Waals surface area contributed by atoms with E-state index in [9.17, 15) is 18.0 Å². The predicted molar refractivity (Wildman–Crippen MR) is 66.5 cm³/mol. The Labute approximate surface area is 112 Å². The van der Waals surface area contributed by atoms with E-state index in [-0.39, 0.29) is 22.5 Å². The van der Waals surface area contributed by atoms with E-state index in [4.69, 9.17) is 5.84 Å². The fourth-order valence-electron chi connectivity index (χ4n) is 1.20. The van der Waals surface area contributed by atoms with Gasteiger partial charge >= 0.3 is 6.18 Å². The molecule has 1 rings (SSSR count). The highest BCUT2D eigenvalue weighted by Gasteiger charge is 2.31. The second kappa shape index (κ2) is 6.62. The highest BCUT2D eigenvalue weighted by atomic mass is 32.2. The normalized spacial score (nSPS) is 11.2. The Morgan fingerprint density at radius 3 is 2.68 bits per heavy atom. The number of rotatable bonds is 5. The second-order valence-corrected chi connectivity index (χ2v) is 4.46. The molecule has 0 aromatic carbocycles. The fourth-order valence-corrected chi connectivity index (χ4v) is 1.96. The van der Waals surface area contributed by atoms with Crippen molar-refractivity contribution in [1.29, 1.82) is 0 Å². The number of pyridine rings is 1. The van der Waals surface area contributed by atoms with Crippen LogP contribution in [0.1, 0.15) is 12.5 Å². The van der Waals surface area contributed by atoms with E-state index in [0.29, 0.717) is 6.54 Å². The number of nitrogen functional groups attached to an aromatic ring is 1. The van der Waals surface area contributed by atoms with E-state index >= 15 is 0 Å². The van der Waals surface area contributed by atoms with Crippen LogP contribution < -0.4 is 16.6 Å². The van der Waals surface area contributed by atoms with Crippen LogP contribution in [-0.4, -0.2) is 23.2 Å². The minimum absolute atomic E-state index is 0.00778. The molecule has 1 amide bonds. The van der Waals surface area contributed by atoms with Crippen LogP contribution in [0.15, 0.2) is 17.2 Å². The summed E-state index contributed by atoms with van der Waals surface area (Å²) in [6, 6.07) is 1.68. The van der Waals surface area contributed by atoms with Crippen LogP contribution >= 0.6 is 11.8 Å². The Kier molecular flexibility index (Phi) is 5.43. The third-order valence-corrected chi connectivity index (χ3v) is 2.91. The zero-order valence-electron chi connectivity index (χ0n) is 10.0. The Morgan fingerprint density at radius 1 is 1.47 bits per heavy atom. The molecule has 5 nitrogen and oxygen atoms in total. The molecule has 0 aliphatic rings. The molecule has 0 fully saturated rings. The number of nitrogens with two attached hydrogens (primary N) is 1. The Balaban J connectivity index is 2.86. The van der Waals surface area contributed by atoms with Gasteiger partial charge in [-0.3, -0.25) is 4.79 Å². The van der Waals surface area contributed by atoms with E-state index in [0.717, 1.165) is 23.9 Å². The molecule has 0 saturated carbocycles. The summed E-state index contributed by atoms with van der Waals surface area (Å²) in [7, 11) is 0. The summed E-state index contributed by atoms with van der Waals surface area (Å²) in [5, 5.41) is 2.62. The number of nitrogens with one attached hydrogen (secondary N) is 2. The summed E-state index contributed by atoms with van der Waals surface area (Å²) in [5.41, 5.74) is 1.20. The molecule has 1 heterocycles. The smallest absolute Gasteiger partial charge is 0.356 e. The standard InChI is InChI=1S/C10H13F3N4OS/c1-2-15-8(18)5-19-9-4-6(10(11,12)13)3-7(16-9)17-14/h3-4H,2,5,14H2,1H3,(H,15,18)(H,16,17). The first kappa shape index (κ1) is 15.6. The van der Waals surface area contributed by atoms with Gasteiger partial charge in [-0.15, -0.1) is 0 Å². The number of thioether (sulfide) groups is 1. The number of nitrogens with zero attached hydrogens (tertiary/aromatic N) is 1. The molecule has 4 N–H and O–H groups in total. The van der Waals surface area contributed by atoms with Crippen LogP contribution in [0.2, 0.25) is 0 Å². The van der Waals surface area contributed by atoms with Gasteiger partial charge in [0.15, 0.2) is 0 Å².